The van der Waals surface area contributed by atoms with E-state index < -0.39 is 67.0 Å². The predicted molar refractivity (Wildman–Crippen MR) is 89.7 cm³/mol. The van der Waals surface area contributed by atoms with Crippen LogP contribution in [0, 0.1) is 0 Å². The number of aliphatic carboxylic acids is 1. The number of carbonyl (C=O) groups is 5. The van der Waals surface area contributed by atoms with Crippen LogP contribution in [0.1, 0.15) is 19.8 Å². The molecule has 27 heavy (non-hydrogen) atoms. The largest absolute Gasteiger partial charge is 0.480 e. The third kappa shape index (κ3) is 9.48. The number of carboxylic acids is 1. The first-order valence-corrected chi connectivity index (χ1v) is 7.92. The summed E-state index contributed by atoms with van der Waals surface area (Å²) in [6, 6.07) is -4.19. The normalized spacial score (nSPS) is 15.0. The van der Waals surface area contributed by atoms with Gasteiger partial charge in [-0.05, 0) is 13.3 Å². The van der Waals surface area contributed by atoms with Gasteiger partial charge in [-0.3, -0.25) is 19.2 Å². The Bertz CT molecular complexity index is 568. The van der Waals surface area contributed by atoms with E-state index in [2.05, 4.69) is 10.6 Å². The van der Waals surface area contributed by atoms with E-state index in [0.29, 0.717) is 0 Å². The van der Waals surface area contributed by atoms with Gasteiger partial charge in [-0.15, -0.1) is 0 Å². The van der Waals surface area contributed by atoms with Crippen molar-refractivity contribution in [3.63, 3.8) is 0 Å². The maximum atomic E-state index is 12.1. The molecule has 10 N–H and O–H groups in total. The molecule has 13 heteroatoms. The van der Waals surface area contributed by atoms with Crippen LogP contribution in [0.4, 0.5) is 0 Å². The highest BCUT2D eigenvalue weighted by Gasteiger charge is 2.27. The van der Waals surface area contributed by atoms with Crippen LogP contribution in [0.15, 0.2) is 0 Å². The number of rotatable bonds is 12. The third-order valence-electron chi connectivity index (χ3n) is 3.37. The van der Waals surface area contributed by atoms with Crippen molar-refractivity contribution < 1.29 is 39.3 Å². The van der Waals surface area contributed by atoms with Crippen molar-refractivity contribution in [3.8, 4) is 0 Å². The lowest BCUT2D eigenvalue weighted by Gasteiger charge is -2.21. The van der Waals surface area contributed by atoms with E-state index in [1.54, 1.807) is 0 Å². The van der Waals surface area contributed by atoms with Gasteiger partial charge in [-0.25, -0.2) is 4.79 Å². The van der Waals surface area contributed by atoms with E-state index >= 15 is 0 Å². The molecule has 0 rings (SSSR count). The summed E-state index contributed by atoms with van der Waals surface area (Å²) in [5, 5.41) is 33.3. The fourth-order valence-corrected chi connectivity index (χ4v) is 1.76. The van der Waals surface area contributed by atoms with Crippen molar-refractivity contribution in [1.29, 1.82) is 0 Å². The number of hydrogen-bond donors (Lipinski definition) is 8. The molecule has 0 bridgehead atoms. The summed E-state index contributed by atoms with van der Waals surface area (Å²) in [5.41, 5.74) is 10.4. The van der Waals surface area contributed by atoms with Gasteiger partial charge in [-0.1, -0.05) is 0 Å². The van der Waals surface area contributed by atoms with Crippen molar-refractivity contribution in [2.24, 2.45) is 11.5 Å². The lowest BCUT2D eigenvalue weighted by Crippen LogP contribution is -2.55. The molecular formula is C14H25N5O8. The Balaban J connectivity index is 4.86. The Hall–Kier alpha value is -2.77. The molecule has 0 aromatic heterocycles. The molecule has 0 fully saturated rings. The Morgan fingerprint density at radius 1 is 1.04 bits per heavy atom. The zero-order valence-electron chi connectivity index (χ0n) is 14.7. The number of nitrogens with one attached hydrogen (secondary N) is 3. The lowest BCUT2D eigenvalue weighted by atomic mass is 10.1. The highest BCUT2D eigenvalue weighted by Crippen LogP contribution is 1.99. The number of carbonyl (C=O) groups excluding carboxylic acids is 4. The van der Waals surface area contributed by atoms with Crippen LogP contribution in [0.3, 0.4) is 0 Å². The summed E-state index contributed by atoms with van der Waals surface area (Å²) < 4.78 is 0. The zero-order valence-corrected chi connectivity index (χ0v) is 14.7. The van der Waals surface area contributed by atoms with E-state index in [-0.39, 0.29) is 12.8 Å². The molecule has 0 aliphatic rings. The molecular weight excluding hydrogens is 366 g/mol. The molecule has 0 heterocycles. The van der Waals surface area contributed by atoms with E-state index in [1.807, 2.05) is 5.32 Å². The van der Waals surface area contributed by atoms with Crippen molar-refractivity contribution in [2.45, 2.75) is 44.0 Å². The van der Waals surface area contributed by atoms with Gasteiger partial charge in [0.25, 0.3) is 0 Å². The molecule has 0 saturated heterocycles. The number of aliphatic hydroxyl groups is 2. The van der Waals surface area contributed by atoms with Crippen LogP contribution in [0.2, 0.25) is 0 Å². The quantitative estimate of drug-likeness (QED) is 0.159. The molecule has 0 saturated carbocycles. The van der Waals surface area contributed by atoms with Gasteiger partial charge in [0.15, 0.2) is 0 Å². The second kappa shape index (κ2) is 11.8. The Kier molecular flexibility index (Phi) is 10.6. The predicted octanol–water partition coefficient (Wildman–Crippen LogP) is -4.88. The van der Waals surface area contributed by atoms with Gasteiger partial charge in [0.05, 0.1) is 19.3 Å². The van der Waals surface area contributed by atoms with Crippen LogP contribution in [-0.4, -0.2) is 82.3 Å². The summed E-state index contributed by atoms with van der Waals surface area (Å²) in [7, 11) is 0. The van der Waals surface area contributed by atoms with E-state index in [9.17, 15) is 29.1 Å². The van der Waals surface area contributed by atoms with Crippen molar-refractivity contribution >= 4 is 29.6 Å². The minimum atomic E-state index is -1.60. The summed E-state index contributed by atoms with van der Waals surface area (Å²) in [4.78, 5) is 57.3. The molecule has 13 nitrogen and oxygen atoms in total. The summed E-state index contributed by atoms with van der Waals surface area (Å²) in [6.45, 7) is -0.179. The van der Waals surface area contributed by atoms with Gasteiger partial charge in [-0.2, -0.15) is 0 Å². The minimum Gasteiger partial charge on any atom is -0.480 e. The van der Waals surface area contributed by atoms with E-state index in [0.717, 1.165) is 0 Å². The fourth-order valence-electron chi connectivity index (χ4n) is 1.76. The van der Waals surface area contributed by atoms with E-state index in [1.165, 1.54) is 6.92 Å². The van der Waals surface area contributed by atoms with Crippen LogP contribution in [0.25, 0.3) is 0 Å². The summed E-state index contributed by atoms with van der Waals surface area (Å²) >= 11 is 0. The summed E-state index contributed by atoms with van der Waals surface area (Å²) in [5.74, 6) is -4.84. The average Bonchev–Trinajstić information content (AvgIpc) is 2.59. The second-order valence-corrected chi connectivity index (χ2v) is 5.69. The topological polar surface area (TPSA) is 234 Å². The number of carboxylic acid groups (broad SMARTS) is 1. The van der Waals surface area contributed by atoms with Gasteiger partial charge in [0, 0.05) is 6.42 Å². The Morgan fingerprint density at radius 3 is 2.07 bits per heavy atom. The van der Waals surface area contributed by atoms with Crippen LogP contribution >= 0.6 is 0 Å². The number of amides is 4. The molecule has 4 amide bonds. The second-order valence-electron chi connectivity index (χ2n) is 5.69. The maximum absolute atomic E-state index is 12.1. The Morgan fingerprint density at radius 2 is 1.63 bits per heavy atom. The first kappa shape index (κ1) is 24.2. The summed E-state index contributed by atoms with van der Waals surface area (Å²) in [6.07, 6.45) is -1.66. The molecule has 0 aliphatic heterocycles. The fraction of sp³-hybridized carbons (Fsp3) is 0.643. The Labute approximate surface area is 154 Å². The number of hydrogen-bond acceptors (Lipinski definition) is 8. The molecule has 4 unspecified atom stereocenters. The number of primary amides is 1. The smallest absolute Gasteiger partial charge is 0.328 e. The van der Waals surface area contributed by atoms with Gasteiger partial charge >= 0.3 is 5.97 Å². The van der Waals surface area contributed by atoms with Crippen molar-refractivity contribution in [3.05, 3.63) is 0 Å². The first-order valence-electron chi connectivity index (χ1n) is 7.92. The SMILES string of the molecule is CC(O)C(N)C(=O)NCC(=O)NC(CCC(N)=O)C(=O)NC(CO)C(=O)O. The van der Waals surface area contributed by atoms with E-state index in [4.69, 9.17) is 21.7 Å². The number of nitrogens with two attached hydrogens (primary N) is 2. The number of aliphatic hydroxyl groups excluding tert-OH is 2. The molecule has 0 spiro atoms. The zero-order chi connectivity index (χ0) is 21.1. The monoisotopic (exact) mass is 391 g/mol. The average molecular weight is 391 g/mol. The molecule has 0 aromatic rings. The highest BCUT2D eigenvalue weighted by molar-refractivity contribution is 5.92. The highest BCUT2D eigenvalue weighted by atomic mass is 16.4. The van der Waals surface area contributed by atoms with Crippen molar-refractivity contribution in [2.75, 3.05) is 13.2 Å². The lowest BCUT2D eigenvalue weighted by molar-refractivity contribution is -0.143. The molecule has 0 aromatic carbocycles. The first-order chi connectivity index (χ1) is 12.5. The third-order valence-corrected chi connectivity index (χ3v) is 3.37. The van der Waals surface area contributed by atoms with Crippen molar-refractivity contribution in [1.82, 2.24) is 16.0 Å². The molecule has 0 radical (unpaired) electrons. The maximum Gasteiger partial charge on any atom is 0.328 e. The van der Waals surface area contributed by atoms with Gasteiger partial charge in [0.2, 0.25) is 23.6 Å². The standard InChI is InChI=1S/C14H25N5O8/c1-6(21)11(16)13(25)17-4-10(23)18-7(2-3-9(15)22)12(24)19-8(5-20)14(26)27/h6-8,11,20-21H,2-5,16H2,1H3,(H2,15,22)(H,17,25)(H,18,23)(H,19,24)(H,26,27). The minimum absolute atomic E-state index is 0.230. The van der Waals surface area contributed by atoms with Gasteiger partial charge < -0.3 is 42.7 Å². The van der Waals surface area contributed by atoms with Crippen LogP contribution < -0.4 is 27.4 Å². The van der Waals surface area contributed by atoms with Crippen LogP contribution in [0.5, 0.6) is 0 Å². The molecule has 0 aliphatic carbocycles. The molecule has 154 valence electrons. The van der Waals surface area contributed by atoms with Crippen LogP contribution in [-0.2, 0) is 24.0 Å². The van der Waals surface area contributed by atoms with Gasteiger partial charge in [0.1, 0.15) is 18.1 Å². The molecule has 4 atom stereocenters.